The average Bonchev–Trinajstić information content (AvgIpc) is 3.25. The summed E-state index contributed by atoms with van der Waals surface area (Å²) in [6, 6.07) is 7.25. The van der Waals surface area contributed by atoms with Gasteiger partial charge in [-0.15, -0.1) is 11.3 Å². The van der Waals surface area contributed by atoms with Crippen LogP contribution in [0.4, 0.5) is 0 Å². The molecule has 4 rings (SSSR count). The third kappa shape index (κ3) is 3.20. The highest BCUT2D eigenvalue weighted by Crippen LogP contribution is 2.41. The zero-order chi connectivity index (χ0) is 17.6. The number of benzene rings is 1. The van der Waals surface area contributed by atoms with Gasteiger partial charge in [-0.2, -0.15) is 4.98 Å². The van der Waals surface area contributed by atoms with Gasteiger partial charge < -0.3 is 9.63 Å². The van der Waals surface area contributed by atoms with E-state index in [2.05, 4.69) is 10.1 Å². The van der Waals surface area contributed by atoms with Crippen molar-refractivity contribution in [2.45, 2.75) is 25.1 Å². The van der Waals surface area contributed by atoms with Gasteiger partial charge in [-0.1, -0.05) is 34.4 Å². The highest BCUT2D eigenvalue weighted by molar-refractivity contribution is 7.13. The standard InChI is InChI=1S/C17H15Cl2N3O2S/c1-22(8-15-20-17(21-24-15)14-3-2-4-25-14)16-11-5-9(18)6-12(19)10(11)7-13(16)23/h2-6,13,16,23H,7-8H2,1H3/t13-,16+/m1/s1. The normalized spacial score (nSPS) is 19.6. The van der Waals surface area contributed by atoms with E-state index in [1.807, 2.05) is 35.5 Å². The molecule has 3 aromatic rings. The second-order valence-electron chi connectivity index (χ2n) is 6.08. The van der Waals surface area contributed by atoms with Gasteiger partial charge in [0.2, 0.25) is 11.7 Å². The number of aliphatic hydroxyl groups is 1. The van der Waals surface area contributed by atoms with Gasteiger partial charge in [0.05, 0.1) is 23.6 Å². The first kappa shape index (κ1) is 17.0. The summed E-state index contributed by atoms with van der Waals surface area (Å²) in [4.78, 5) is 7.38. The highest BCUT2D eigenvalue weighted by atomic mass is 35.5. The molecular formula is C17H15Cl2N3O2S. The van der Waals surface area contributed by atoms with Crippen LogP contribution in [-0.2, 0) is 13.0 Å². The van der Waals surface area contributed by atoms with Crippen molar-refractivity contribution in [1.82, 2.24) is 15.0 Å². The molecule has 0 amide bonds. The Hall–Kier alpha value is -1.44. The molecule has 1 aliphatic carbocycles. The molecule has 0 saturated carbocycles. The molecule has 130 valence electrons. The van der Waals surface area contributed by atoms with Crippen molar-refractivity contribution in [2.75, 3.05) is 7.05 Å². The van der Waals surface area contributed by atoms with Crippen molar-refractivity contribution in [3.05, 3.63) is 56.7 Å². The van der Waals surface area contributed by atoms with Crippen LogP contribution in [0.1, 0.15) is 23.1 Å². The predicted octanol–water partition coefficient (Wildman–Crippen LogP) is 4.20. The van der Waals surface area contributed by atoms with Crippen molar-refractivity contribution in [3.8, 4) is 10.7 Å². The zero-order valence-electron chi connectivity index (χ0n) is 13.3. The van der Waals surface area contributed by atoms with Crippen molar-refractivity contribution in [3.63, 3.8) is 0 Å². The third-order valence-corrected chi connectivity index (χ3v) is 5.78. The molecule has 1 N–H and O–H groups in total. The molecule has 0 spiro atoms. The maximum absolute atomic E-state index is 10.5. The van der Waals surface area contributed by atoms with E-state index in [-0.39, 0.29) is 6.04 Å². The van der Waals surface area contributed by atoms with Gasteiger partial charge in [0.1, 0.15) is 0 Å². The number of nitrogens with zero attached hydrogens (tertiary/aromatic N) is 3. The molecule has 0 unspecified atom stereocenters. The maximum Gasteiger partial charge on any atom is 0.241 e. The fourth-order valence-corrected chi connectivity index (χ4v) is 4.53. The Balaban J connectivity index is 1.57. The number of fused-ring (bicyclic) bond motifs is 1. The minimum absolute atomic E-state index is 0.219. The molecule has 0 saturated heterocycles. The summed E-state index contributed by atoms with van der Waals surface area (Å²) < 4.78 is 5.36. The first-order valence-corrected chi connectivity index (χ1v) is 9.39. The van der Waals surface area contributed by atoms with E-state index in [1.165, 1.54) is 0 Å². The lowest BCUT2D eigenvalue weighted by Crippen LogP contribution is -2.30. The summed E-state index contributed by atoms with van der Waals surface area (Å²) >= 11 is 14.0. The van der Waals surface area contributed by atoms with E-state index < -0.39 is 6.10 Å². The molecule has 25 heavy (non-hydrogen) atoms. The summed E-state index contributed by atoms with van der Waals surface area (Å²) in [5.41, 5.74) is 1.89. The first-order chi connectivity index (χ1) is 12.0. The fraction of sp³-hybridized carbons (Fsp3) is 0.294. The Labute approximate surface area is 158 Å². The van der Waals surface area contributed by atoms with E-state index in [0.717, 1.165) is 16.0 Å². The van der Waals surface area contributed by atoms with Crippen LogP contribution in [-0.4, -0.2) is 33.3 Å². The largest absolute Gasteiger partial charge is 0.391 e. The second-order valence-corrected chi connectivity index (χ2v) is 7.87. The monoisotopic (exact) mass is 395 g/mol. The molecular weight excluding hydrogens is 381 g/mol. The second kappa shape index (κ2) is 6.70. The smallest absolute Gasteiger partial charge is 0.241 e. The van der Waals surface area contributed by atoms with Gasteiger partial charge in [0.25, 0.3) is 0 Å². The van der Waals surface area contributed by atoms with Crippen LogP contribution in [0.2, 0.25) is 10.0 Å². The van der Waals surface area contributed by atoms with Gasteiger partial charge in [-0.25, -0.2) is 0 Å². The van der Waals surface area contributed by atoms with Gasteiger partial charge in [0, 0.05) is 16.5 Å². The molecule has 2 atom stereocenters. The number of hydrogen-bond acceptors (Lipinski definition) is 6. The minimum atomic E-state index is -0.560. The topological polar surface area (TPSA) is 62.4 Å². The van der Waals surface area contributed by atoms with Crippen LogP contribution in [0.15, 0.2) is 34.2 Å². The molecule has 8 heteroatoms. The van der Waals surface area contributed by atoms with Crippen LogP contribution in [0.3, 0.4) is 0 Å². The quantitative estimate of drug-likeness (QED) is 0.717. The SMILES string of the molecule is CN(Cc1nc(-c2cccs2)no1)[C@H]1c2cc(Cl)cc(Cl)c2C[C@H]1O. The summed E-state index contributed by atoms with van der Waals surface area (Å²) in [7, 11) is 1.91. The number of aliphatic hydroxyl groups excluding tert-OH is 1. The Bertz CT molecular complexity index is 897. The molecule has 0 fully saturated rings. The Morgan fingerprint density at radius 1 is 1.40 bits per heavy atom. The molecule has 0 bridgehead atoms. The number of rotatable bonds is 4. The zero-order valence-corrected chi connectivity index (χ0v) is 15.6. The van der Waals surface area contributed by atoms with E-state index in [0.29, 0.717) is 34.7 Å². The molecule has 5 nitrogen and oxygen atoms in total. The molecule has 1 aromatic carbocycles. The number of thiophene rings is 1. The van der Waals surface area contributed by atoms with Gasteiger partial charge in [-0.3, -0.25) is 4.90 Å². The Morgan fingerprint density at radius 3 is 3.00 bits per heavy atom. The number of aromatic nitrogens is 2. The summed E-state index contributed by atoms with van der Waals surface area (Å²) in [5, 5.41) is 17.7. The predicted molar refractivity (Wildman–Crippen MR) is 98.0 cm³/mol. The van der Waals surface area contributed by atoms with Crippen LogP contribution in [0.25, 0.3) is 10.7 Å². The van der Waals surface area contributed by atoms with E-state index in [4.69, 9.17) is 27.7 Å². The van der Waals surface area contributed by atoms with E-state index in [9.17, 15) is 5.11 Å². The van der Waals surface area contributed by atoms with Gasteiger partial charge in [-0.05, 0) is 41.8 Å². The maximum atomic E-state index is 10.5. The Kier molecular flexibility index (Phi) is 4.56. The molecule has 1 aliphatic rings. The van der Waals surface area contributed by atoms with Crippen LogP contribution in [0, 0.1) is 0 Å². The minimum Gasteiger partial charge on any atom is -0.391 e. The van der Waals surface area contributed by atoms with E-state index in [1.54, 1.807) is 17.4 Å². The summed E-state index contributed by atoms with van der Waals surface area (Å²) in [6.07, 6.45) is -0.0550. The van der Waals surface area contributed by atoms with E-state index >= 15 is 0 Å². The van der Waals surface area contributed by atoms with Crippen molar-refractivity contribution in [2.24, 2.45) is 0 Å². The van der Waals surface area contributed by atoms with Crippen molar-refractivity contribution < 1.29 is 9.63 Å². The van der Waals surface area contributed by atoms with Crippen LogP contribution in [0.5, 0.6) is 0 Å². The lowest BCUT2D eigenvalue weighted by Gasteiger charge is -2.26. The van der Waals surface area contributed by atoms with Crippen molar-refractivity contribution in [1.29, 1.82) is 0 Å². The Morgan fingerprint density at radius 2 is 2.24 bits per heavy atom. The first-order valence-electron chi connectivity index (χ1n) is 7.75. The molecule has 0 aliphatic heterocycles. The summed E-state index contributed by atoms with van der Waals surface area (Å²) in [6.45, 7) is 0.420. The fourth-order valence-electron chi connectivity index (χ4n) is 3.30. The number of hydrogen-bond donors (Lipinski definition) is 1. The molecule has 2 heterocycles. The third-order valence-electron chi connectivity index (χ3n) is 4.36. The summed E-state index contributed by atoms with van der Waals surface area (Å²) in [5.74, 6) is 1.08. The van der Waals surface area contributed by atoms with Crippen LogP contribution >= 0.6 is 34.5 Å². The van der Waals surface area contributed by atoms with Crippen molar-refractivity contribution >= 4 is 34.5 Å². The average molecular weight is 396 g/mol. The lowest BCUT2D eigenvalue weighted by molar-refractivity contribution is 0.0667. The number of halogens is 2. The number of likely N-dealkylation sites (N-methyl/N-ethyl adjacent to an activating group) is 1. The molecule has 2 aromatic heterocycles. The molecule has 0 radical (unpaired) electrons. The van der Waals surface area contributed by atoms with Gasteiger partial charge in [0.15, 0.2) is 0 Å². The van der Waals surface area contributed by atoms with Gasteiger partial charge >= 0.3 is 0 Å². The highest BCUT2D eigenvalue weighted by Gasteiger charge is 2.36. The lowest BCUT2D eigenvalue weighted by atomic mass is 10.1. The van der Waals surface area contributed by atoms with Crippen LogP contribution < -0.4 is 0 Å².